The highest BCUT2D eigenvalue weighted by atomic mass is 35.5. The average molecular weight is 536 g/mol. The third-order valence-electron chi connectivity index (χ3n) is 4.95. The SMILES string of the molecule is [2H]c1s/c(=N\S(=O)(=O)c2ncc(NCc3cccc(OC)c3O)cc2C)[nH]c1-c1ccc(F)c(Cl)c1. The number of methoxy groups -OCH3 is 1. The van der Waals surface area contributed by atoms with Crippen LogP contribution in [0.5, 0.6) is 11.5 Å². The van der Waals surface area contributed by atoms with Crippen LogP contribution < -0.4 is 14.9 Å². The largest absolute Gasteiger partial charge is 0.504 e. The standard InChI is InChI=1S/C23H20ClFN4O4S2/c1-13-8-16(26-10-15-4-3-5-20(33-2)21(15)30)11-27-22(13)35(31,32)29-23-28-19(12-34-23)14-6-7-18(25)17(24)9-14/h3-9,11-12,26,30H,10H2,1-2H3,(H,28,29)/i12D. The fourth-order valence-electron chi connectivity index (χ4n) is 3.24. The molecule has 0 aliphatic heterocycles. The lowest BCUT2D eigenvalue weighted by molar-refractivity contribution is 0.371. The maximum Gasteiger partial charge on any atom is 0.302 e. The molecule has 0 saturated carbocycles. The quantitative estimate of drug-likeness (QED) is 0.311. The average Bonchev–Trinajstić information content (AvgIpc) is 3.19. The maximum absolute atomic E-state index is 13.5. The lowest BCUT2D eigenvalue weighted by Gasteiger charge is -2.11. The van der Waals surface area contributed by atoms with Crippen LogP contribution in [0.2, 0.25) is 5.02 Å². The number of para-hydroxylation sites is 1. The number of hydrogen-bond donors (Lipinski definition) is 3. The van der Waals surface area contributed by atoms with Crippen LogP contribution in [0.4, 0.5) is 10.1 Å². The van der Waals surface area contributed by atoms with E-state index in [1.54, 1.807) is 31.2 Å². The van der Waals surface area contributed by atoms with Gasteiger partial charge in [-0.3, -0.25) is 0 Å². The Morgan fingerprint density at radius 2 is 2.14 bits per heavy atom. The van der Waals surface area contributed by atoms with Crippen LogP contribution in [0.15, 0.2) is 63.4 Å². The Labute approximate surface area is 211 Å². The number of aromatic hydroxyl groups is 1. The van der Waals surface area contributed by atoms with Gasteiger partial charge in [-0.2, -0.15) is 8.42 Å². The summed E-state index contributed by atoms with van der Waals surface area (Å²) in [5.74, 6) is -0.244. The summed E-state index contributed by atoms with van der Waals surface area (Å²) in [5, 5.41) is 13.0. The zero-order valence-electron chi connectivity index (χ0n) is 19.5. The lowest BCUT2D eigenvalue weighted by atomic mass is 10.2. The van der Waals surface area contributed by atoms with Crippen molar-refractivity contribution in [1.82, 2.24) is 9.97 Å². The number of pyridine rings is 1. The minimum Gasteiger partial charge on any atom is -0.504 e. The van der Waals surface area contributed by atoms with Gasteiger partial charge in [0.05, 0.1) is 31.1 Å². The molecule has 0 aliphatic rings. The molecular formula is C23H20ClFN4O4S2. The molecule has 2 heterocycles. The number of anilines is 1. The molecule has 0 fully saturated rings. The highest BCUT2D eigenvalue weighted by Crippen LogP contribution is 2.30. The van der Waals surface area contributed by atoms with Gasteiger partial charge in [0.15, 0.2) is 21.3 Å². The number of phenols is 1. The molecule has 4 rings (SSSR count). The monoisotopic (exact) mass is 535 g/mol. The van der Waals surface area contributed by atoms with E-state index in [0.29, 0.717) is 28.1 Å². The van der Waals surface area contributed by atoms with Crippen molar-refractivity contribution in [2.75, 3.05) is 12.4 Å². The Morgan fingerprint density at radius 3 is 2.86 bits per heavy atom. The van der Waals surface area contributed by atoms with Crippen molar-refractivity contribution in [1.29, 1.82) is 0 Å². The molecule has 0 bridgehead atoms. The van der Waals surface area contributed by atoms with Crippen LogP contribution in [0.3, 0.4) is 0 Å². The number of rotatable bonds is 7. The summed E-state index contributed by atoms with van der Waals surface area (Å²) in [5.41, 5.74) is 2.18. The van der Waals surface area contributed by atoms with Crippen LogP contribution in [0.1, 0.15) is 12.5 Å². The van der Waals surface area contributed by atoms with E-state index in [1.807, 2.05) is 0 Å². The number of ether oxygens (including phenoxy) is 1. The third kappa shape index (κ3) is 5.47. The number of aryl methyl sites for hydroxylation is 1. The number of nitrogens with zero attached hydrogens (tertiary/aromatic N) is 2. The van der Waals surface area contributed by atoms with Gasteiger partial charge >= 0.3 is 10.0 Å². The summed E-state index contributed by atoms with van der Waals surface area (Å²) in [4.78, 5) is 6.83. The van der Waals surface area contributed by atoms with Crippen LogP contribution in [-0.4, -0.2) is 30.6 Å². The number of H-pyrrole nitrogens is 1. The molecule has 0 aliphatic carbocycles. The Kier molecular flexibility index (Phi) is 6.71. The van der Waals surface area contributed by atoms with Crippen molar-refractivity contribution >= 4 is 38.6 Å². The number of sulfonamides is 1. The van der Waals surface area contributed by atoms with Gasteiger partial charge in [-0.1, -0.05) is 23.7 Å². The van der Waals surface area contributed by atoms with Gasteiger partial charge in [0, 0.05) is 23.0 Å². The molecule has 0 amide bonds. The van der Waals surface area contributed by atoms with E-state index in [0.717, 1.165) is 17.4 Å². The molecule has 2 aromatic carbocycles. The first kappa shape index (κ1) is 23.3. The Balaban J connectivity index is 1.58. The van der Waals surface area contributed by atoms with Gasteiger partial charge in [-0.25, -0.2) is 9.37 Å². The molecule has 0 unspecified atom stereocenters. The molecule has 0 radical (unpaired) electrons. The fourth-order valence-corrected chi connectivity index (χ4v) is 5.38. The number of benzene rings is 2. The maximum atomic E-state index is 13.5. The minimum absolute atomic E-state index is 0.0108. The second-order valence-corrected chi connectivity index (χ2v) is 10.1. The first-order valence-electron chi connectivity index (χ1n) is 10.6. The molecule has 0 spiro atoms. The van der Waals surface area contributed by atoms with Gasteiger partial charge in [0.2, 0.25) is 0 Å². The van der Waals surface area contributed by atoms with Crippen molar-refractivity contribution in [2.45, 2.75) is 18.5 Å². The fraction of sp³-hybridized carbons (Fsp3) is 0.130. The van der Waals surface area contributed by atoms with E-state index in [9.17, 15) is 17.9 Å². The normalized spacial score (nSPS) is 12.5. The topological polar surface area (TPSA) is 117 Å². The number of hydrogen-bond acceptors (Lipinski definition) is 7. The molecule has 182 valence electrons. The van der Waals surface area contributed by atoms with Gasteiger partial charge in [0.1, 0.15) is 5.82 Å². The Morgan fingerprint density at radius 1 is 1.34 bits per heavy atom. The Bertz CT molecular complexity index is 1620. The van der Waals surface area contributed by atoms with Crippen LogP contribution in [-0.2, 0) is 16.6 Å². The molecular weight excluding hydrogens is 515 g/mol. The van der Waals surface area contributed by atoms with Crippen molar-refractivity contribution in [2.24, 2.45) is 4.40 Å². The first-order valence-corrected chi connectivity index (χ1v) is 12.7. The second-order valence-electron chi connectivity index (χ2n) is 7.37. The van der Waals surface area contributed by atoms with Gasteiger partial charge in [0.25, 0.3) is 0 Å². The van der Waals surface area contributed by atoms with E-state index in [4.69, 9.17) is 17.7 Å². The molecule has 12 heteroatoms. The molecule has 35 heavy (non-hydrogen) atoms. The number of halogens is 2. The number of phenolic OH excluding ortho intramolecular Hbond substituents is 1. The van der Waals surface area contributed by atoms with Crippen LogP contribution in [0, 0.1) is 12.7 Å². The number of thiazole rings is 1. The highest BCUT2D eigenvalue weighted by Gasteiger charge is 2.19. The number of aromatic amines is 1. The zero-order valence-corrected chi connectivity index (χ0v) is 20.9. The summed E-state index contributed by atoms with van der Waals surface area (Å²) in [6, 6.07) is 10.7. The van der Waals surface area contributed by atoms with E-state index >= 15 is 0 Å². The molecule has 2 aromatic heterocycles. The van der Waals surface area contributed by atoms with Crippen molar-refractivity contribution < 1.29 is 24.0 Å². The first-order chi connectivity index (χ1) is 17.1. The van der Waals surface area contributed by atoms with Gasteiger partial charge < -0.3 is 20.1 Å². The second kappa shape index (κ2) is 10.1. The van der Waals surface area contributed by atoms with Gasteiger partial charge in [-0.15, -0.1) is 15.7 Å². The Hall–Kier alpha value is -3.41. The van der Waals surface area contributed by atoms with Crippen molar-refractivity contribution in [3.05, 3.63) is 80.8 Å². The summed E-state index contributed by atoms with van der Waals surface area (Å²) >= 11 is 6.63. The smallest absolute Gasteiger partial charge is 0.302 e. The lowest BCUT2D eigenvalue weighted by Crippen LogP contribution is -2.10. The van der Waals surface area contributed by atoms with Gasteiger partial charge in [-0.05, 0) is 42.8 Å². The molecule has 4 aromatic rings. The van der Waals surface area contributed by atoms with Crippen molar-refractivity contribution in [3.8, 4) is 22.8 Å². The van der Waals surface area contributed by atoms with Crippen LogP contribution in [0.25, 0.3) is 11.3 Å². The summed E-state index contributed by atoms with van der Waals surface area (Å²) in [6.07, 6.45) is 1.35. The molecule has 8 nitrogen and oxygen atoms in total. The third-order valence-corrected chi connectivity index (χ3v) is 7.39. The van der Waals surface area contributed by atoms with E-state index in [2.05, 4.69) is 19.7 Å². The summed E-state index contributed by atoms with van der Waals surface area (Å²) < 4.78 is 56.4. The molecule has 0 atom stereocenters. The summed E-state index contributed by atoms with van der Waals surface area (Å²) in [6.45, 7) is 1.84. The van der Waals surface area contributed by atoms with Crippen molar-refractivity contribution in [3.63, 3.8) is 0 Å². The van der Waals surface area contributed by atoms with E-state index in [-0.39, 0.29) is 38.2 Å². The van der Waals surface area contributed by atoms with E-state index < -0.39 is 15.8 Å². The highest BCUT2D eigenvalue weighted by molar-refractivity contribution is 7.90. The number of nitrogens with one attached hydrogen (secondary N) is 2. The van der Waals surface area contributed by atoms with Crippen LogP contribution >= 0.6 is 22.9 Å². The zero-order chi connectivity index (χ0) is 26.0. The predicted octanol–water partition coefficient (Wildman–Crippen LogP) is 4.86. The predicted molar refractivity (Wildman–Crippen MR) is 133 cm³/mol. The number of aromatic nitrogens is 2. The minimum atomic E-state index is -4.20. The molecule has 0 saturated heterocycles. The summed E-state index contributed by atoms with van der Waals surface area (Å²) in [7, 11) is -2.74. The molecule has 3 N–H and O–H groups in total. The van der Waals surface area contributed by atoms with E-state index in [1.165, 1.54) is 25.4 Å².